The van der Waals surface area contributed by atoms with Gasteiger partial charge in [-0.25, -0.2) is 4.98 Å². The van der Waals surface area contributed by atoms with Crippen molar-refractivity contribution in [1.29, 1.82) is 0 Å². The van der Waals surface area contributed by atoms with E-state index in [4.69, 9.17) is 4.74 Å². The van der Waals surface area contributed by atoms with E-state index in [9.17, 15) is 5.11 Å². The smallest absolute Gasteiger partial charge is 0.147 e. The van der Waals surface area contributed by atoms with Crippen molar-refractivity contribution in [2.45, 2.75) is 19.9 Å². The monoisotopic (exact) mass is 385 g/mol. The van der Waals surface area contributed by atoms with Crippen LogP contribution in [0.2, 0.25) is 0 Å². The summed E-state index contributed by atoms with van der Waals surface area (Å²) in [6.07, 6.45) is 1.69. The Balaban J connectivity index is 1.80. The van der Waals surface area contributed by atoms with Crippen molar-refractivity contribution in [2.75, 3.05) is 11.9 Å². The quantitative estimate of drug-likeness (QED) is 0.475. The fourth-order valence-electron chi connectivity index (χ4n) is 3.41. The number of aromatic hydroxyl groups is 1. The van der Waals surface area contributed by atoms with Crippen molar-refractivity contribution in [3.63, 3.8) is 0 Å². The Kier molecular flexibility index (Phi) is 5.29. The van der Waals surface area contributed by atoms with Crippen molar-refractivity contribution < 1.29 is 9.84 Å². The highest BCUT2D eigenvalue weighted by molar-refractivity contribution is 5.86. The molecule has 5 heteroatoms. The van der Waals surface area contributed by atoms with E-state index in [1.165, 1.54) is 0 Å². The summed E-state index contributed by atoms with van der Waals surface area (Å²) >= 11 is 0. The van der Waals surface area contributed by atoms with E-state index in [-0.39, 0.29) is 11.8 Å². The van der Waals surface area contributed by atoms with Gasteiger partial charge in [-0.3, -0.25) is 4.98 Å². The number of nitrogens with zero attached hydrogens (tertiary/aromatic N) is 2. The van der Waals surface area contributed by atoms with Crippen molar-refractivity contribution >= 4 is 16.7 Å². The summed E-state index contributed by atoms with van der Waals surface area (Å²) in [4.78, 5) is 8.93. The van der Waals surface area contributed by atoms with Crippen LogP contribution in [-0.2, 0) is 0 Å². The van der Waals surface area contributed by atoms with Gasteiger partial charge in [0.2, 0.25) is 0 Å². The molecule has 0 spiro atoms. The van der Waals surface area contributed by atoms with E-state index in [1.807, 2.05) is 80.6 Å². The molecule has 4 rings (SSSR count). The highest BCUT2D eigenvalue weighted by atomic mass is 16.5. The van der Waals surface area contributed by atoms with Crippen LogP contribution >= 0.6 is 0 Å². The number of aryl methyl sites for hydroxylation is 1. The third kappa shape index (κ3) is 3.99. The van der Waals surface area contributed by atoms with Gasteiger partial charge in [0.15, 0.2) is 0 Å². The largest absolute Gasteiger partial charge is 0.505 e. The van der Waals surface area contributed by atoms with Gasteiger partial charge in [-0.15, -0.1) is 0 Å². The summed E-state index contributed by atoms with van der Waals surface area (Å²) in [5.41, 5.74) is 3.23. The standard InChI is InChI=1S/C24H23N3O2/c1-3-29-19-12-9-18(10-13-19)22(27-21-8-4-6-16(2)26-21)20-14-11-17-7-5-15-25-23(17)24(20)28/h4-15,22,28H,3H2,1-2H3,(H,26,27)/t22-/m0/s1. The molecule has 29 heavy (non-hydrogen) atoms. The predicted molar refractivity (Wildman–Crippen MR) is 115 cm³/mol. The summed E-state index contributed by atoms with van der Waals surface area (Å²) < 4.78 is 5.57. The number of anilines is 1. The lowest BCUT2D eigenvalue weighted by Gasteiger charge is -2.22. The highest BCUT2D eigenvalue weighted by Gasteiger charge is 2.20. The summed E-state index contributed by atoms with van der Waals surface area (Å²) in [7, 11) is 0. The first-order valence-electron chi connectivity index (χ1n) is 9.65. The Bertz CT molecular complexity index is 1130. The van der Waals surface area contributed by atoms with Gasteiger partial charge < -0.3 is 15.2 Å². The second-order valence-corrected chi connectivity index (χ2v) is 6.82. The topological polar surface area (TPSA) is 67.3 Å². The minimum Gasteiger partial charge on any atom is -0.505 e. The minimum atomic E-state index is -0.300. The number of benzene rings is 2. The Morgan fingerprint density at radius 2 is 1.83 bits per heavy atom. The van der Waals surface area contributed by atoms with Crippen molar-refractivity contribution in [1.82, 2.24) is 9.97 Å². The minimum absolute atomic E-state index is 0.169. The normalized spacial score (nSPS) is 11.9. The number of hydrogen-bond acceptors (Lipinski definition) is 5. The molecule has 0 fully saturated rings. The second kappa shape index (κ2) is 8.19. The highest BCUT2D eigenvalue weighted by Crippen LogP contribution is 2.36. The molecule has 0 amide bonds. The van der Waals surface area contributed by atoms with Gasteiger partial charge in [-0.05, 0) is 49.7 Å². The van der Waals surface area contributed by atoms with Crippen LogP contribution in [0.4, 0.5) is 5.82 Å². The summed E-state index contributed by atoms with van der Waals surface area (Å²) in [6.45, 7) is 4.53. The van der Waals surface area contributed by atoms with E-state index in [1.54, 1.807) is 6.20 Å². The van der Waals surface area contributed by atoms with Crippen LogP contribution in [0.25, 0.3) is 10.9 Å². The zero-order valence-corrected chi connectivity index (χ0v) is 16.5. The van der Waals surface area contributed by atoms with Gasteiger partial charge in [0.05, 0.1) is 12.6 Å². The Hall–Kier alpha value is -3.60. The zero-order valence-electron chi connectivity index (χ0n) is 16.5. The molecular weight excluding hydrogens is 362 g/mol. The second-order valence-electron chi connectivity index (χ2n) is 6.82. The first-order chi connectivity index (χ1) is 14.2. The van der Waals surface area contributed by atoms with Crippen molar-refractivity contribution in [2.24, 2.45) is 0 Å². The molecule has 1 atom stereocenters. The first kappa shape index (κ1) is 18.7. The van der Waals surface area contributed by atoms with E-state index >= 15 is 0 Å². The molecule has 0 radical (unpaired) electrons. The number of pyridine rings is 2. The number of nitrogens with one attached hydrogen (secondary N) is 1. The molecule has 0 saturated heterocycles. The summed E-state index contributed by atoms with van der Waals surface area (Å²) in [5, 5.41) is 15.4. The molecular formula is C24H23N3O2. The van der Waals surface area contributed by atoms with E-state index < -0.39 is 0 Å². The van der Waals surface area contributed by atoms with Crippen LogP contribution in [-0.4, -0.2) is 21.7 Å². The number of phenolic OH excluding ortho intramolecular Hbond substituents is 1. The van der Waals surface area contributed by atoms with E-state index in [0.717, 1.165) is 33.8 Å². The third-order valence-corrected chi connectivity index (χ3v) is 4.80. The molecule has 5 nitrogen and oxygen atoms in total. The number of hydrogen-bond donors (Lipinski definition) is 2. The summed E-state index contributed by atoms with van der Waals surface area (Å²) in [5.74, 6) is 1.72. The molecule has 4 aromatic rings. The molecule has 0 aliphatic rings. The number of aromatic nitrogens is 2. The SMILES string of the molecule is CCOc1ccc([C@H](Nc2cccc(C)n2)c2ccc3cccnc3c2O)cc1. The molecule has 0 aliphatic carbocycles. The molecule has 0 unspecified atom stereocenters. The number of ether oxygens (including phenoxy) is 1. The molecule has 2 heterocycles. The zero-order chi connectivity index (χ0) is 20.2. The van der Waals surface area contributed by atoms with Crippen LogP contribution in [0.1, 0.15) is 29.8 Å². The van der Waals surface area contributed by atoms with Crippen LogP contribution in [0.3, 0.4) is 0 Å². The average molecular weight is 385 g/mol. The molecule has 2 N–H and O–H groups in total. The number of phenols is 1. The predicted octanol–water partition coefficient (Wildman–Crippen LogP) is 5.24. The Labute approximate surface area is 170 Å². The molecule has 2 aromatic heterocycles. The van der Waals surface area contributed by atoms with Gasteiger partial charge in [0, 0.05) is 22.8 Å². The first-order valence-corrected chi connectivity index (χ1v) is 9.65. The lowest BCUT2D eigenvalue weighted by Crippen LogP contribution is -2.14. The van der Waals surface area contributed by atoms with Crippen molar-refractivity contribution in [3.05, 3.63) is 89.7 Å². The van der Waals surface area contributed by atoms with E-state index in [2.05, 4.69) is 15.3 Å². The summed E-state index contributed by atoms with van der Waals surface area (Å²) in [6, 6.07) is 21.1. The molecule has 0 aliphatic heterocycles. The van der Waals surface area contributed by atoms with E-state index in [0.29, 0.717) is 12.1 Å². The van der Waals surface area contributed by atoms with Gasteiger partial charge in [-0.2, -0.15) is 0 Å². The Morgan fingerprint density at radius 1 is 1.00 bits per heavy atom. The maximum Gasteiger partial charge on any atom is 0.147 e. The van der Waals surface area contributed by atoms with Crippen molar-refractivity contribution in [3.8, 4) is 11.5 Å². The molecule has 146 valence electrons. The van der Waals surface area contributed by atoms with Crippen LogP contribution in [0.5, 0.6) is 11.5 Å². The molecule has 0 bridgehead atoms. The van der Waals surface area contributed by atoms with Gasteiger partial charge in [0.25, 0.3) is 0 Å². The lowest BCUT2D eigenvalue weighted by molar-refractivity contribution is 0.340. The molecule has 2 aromatic carbocycles. The maximum atomic E-state index is 11.0. The van der Waals surface area contributed by atoms with Gasteiger partial charge >= 0.3 is 0 Å². The fraction of sp³-hybridized carbons (Fsp3) is 0.167. The third-order valence-electron chi connectivity index (χ3n) is 4.80. The van der Waals surface area contributed by atoms with Crippen LogP contribution < -0.4 is 10.1 Å². The number of rotatable bonds is 6. The number of fused-ring (bicyclic) bond motifs is 1. The lowest BCUT2D eigenvalue weighted by atomic mass is 9.96. The molecule has 0 saturated carbocycles. The van der Waals surface area contributed by atoms with Gasteiger partial charge in [0.1, 0.15) is 22.8 Å². The Morgan fingerprint density at radius 3 is 2.59 bits per heavy atom. The fourth-order valence-corrected chi connectivity index (χ4v) is 3.41. The average Bonchev–Trinajstić information content (AvgIpc) is 2.74. The van der Waals surface area contributed by atoms with Crippen LogP contribution in [0, 0.1) is 6.92 Å². The maximum absolute atomic E-state index is 11.0. The van der Waals surface area contributed by atoms with Crippen LogP contribution in [0.15, 0.2) is 72.9 Å². The van der Waals surface area contributed by atoms with Gasteiger partial charge in [-0.1, -0.05) is 36.4 Å².